The number of anilines is 2. The normalized spacial score (nSPS) is 10.0. The van der Waals surface area contributed by atoms with Crippen LogP contribution < -0.4 is 10.6 Å². The highest BCUT2D eigenvalue weighted by Crippen LogP contribution is 2.30. The van der Waals surface area contributed by atoms with E-state index in [0.717, 1.165) is 0 Å². The van der Waals surface area contributed by atoms with Gasteiger partial charge in [-0.15, -0.1) is 0 Å². The second-order valence-electron chi connectivity index (χ2n) is 4.76. The fraction of sp³-hybridized carbons (Fsp3) is 0.286. The van der Waals surface area contributed by atoms with Gasteiger partial charge in [0.1, 0.15) is 13.1 Å². The Morgan fingerprint density at radius 1 is 0.750 bits per heavy atom. The number of hydrogen-bond acceptors (Lipinski definition) is 6. The largest absolute Gasteiger partial charge is 0.481 e. The summed E-state index contributed by atoms with van der Waals surface area (Å²) in [5, 5.41) is 40.5. The number of aliphatic carboxylic acids is 4. The summed E-state index contributed by atoms with van der Waals surface area (Å²) < 4.78 is 0. The Morgan fingerprint density at radius 2 is 1.29 bits per heavy atom. The van der Waals surface area contributed by atoms with Gasteiger partial charge < -0.3 is 31.1 Å². The second-order valence-corrected chi connectivity index (χ2v) is 4.76. The van der Waals surface area contributed by atoms with Crippen LogP contribution in [0, 0.1) is 0 Å². The minimum absolute atomic E-state index is 0.0554. The maximum Gasteiger partial charge on any atom is 0.322 e. The molecule has 0 amide bonds. The molecule has 0 saturated heterocycles. The number of rotatable bonds is 10. The average molecular weight is 340 g/mol. The van der Waals surface area contributed by atoms with Gasteiger partial charge in [0.2, 0.25) is 0 Å². The molecule has 0 atom stereocenters. The second kappa shape index (κ2) is 8.36. The maximum atomic E-state index is 11.1. The molecule has 10 heteroatoms. The summed E-state index contributed by atoms with van der Waals surface area (Å²) in [5.41, 5.74) is 0.504. The van der Waals surface area contributed by atoms with Crippen LogP contribution in [0.2, 0.25) is 0 Å². The van der Waals surface area contributed by atoms with E-state index in [1.54, 1.807) is 0 Å². The molecule has 10 nitrogen and oxygen atoms in total. The number of hydrogen-bond donors (Lipinski definition) is 6. The molecule has 0 aliphatic heterocycles. The van der Waals surface area contributed by atoms with E-state index < -0.39 is 49.8 Å². The van der Waals surface area contributed by atoms with Gasteiger partial charge in [-0.05, 0) is 17.2 Å². The van der Waals surface area contributed by atoms with Gasteiger partial charge in [0.15, 0.2) is 0 Å². The fourth-order valence-electron chi connectivity index (χ4n) is 2.06. The molecular weight excluding hydrogens is 324 g/mol. The summed E-state index contributed by atoms with van der Waals surface area (Å²) in [4.78, 5) is 43.4. The third kappa shape index (κ3) is 5.83. The van der Waals surface area contributed by atoms with Crippen molar-refractivity contribution in [3.63, 3.8) is 0 Å². The van der Waals surface area contributed by atoms with Crippen molar-refractivity contribution in [2.75, 3.05) is 23.7 Å². The van der Waals surface area contributed by atoms with Crippen molar-refractivity contribution in [2.24, 2.45) is 0 Å². The SMILES string of the molecule is O=C(O)CNc1ccc(CC(=O)O)c(CC(=O)O)c1NCC(=O)O. The first-order valence-corrected chi connectivity index (χ1v) is 6.70. The van der Waals surface area contributed by atoms with Crippen LogP contribution in [0.1, 0.15) is 11.1 Å². The number of nitrogens with one attached hydrogen (secondary N) is 2. The van der Waals surface area contributed by atoms with E-state index in [4.69, 9.17) is 20.4 Å². The van der Waals surface area contributed by atoms with Crippen LogP contribution in [-0.2, 0) is 32.0 Å². The monoisotopic (exact) mass is 340 g/mol. The Morgan fingerprint density at radius 3 is 1.79 bits per heavy atom. The first kappa shape index (κ1) is 18.7. The van der Waals surface area contributed by atoms with Gasteiger partial charge in [-0.3, -0.25) is 19.2 Å². The molecule has 24 heavy (non-hydrogen) atoms. The zero-order valence-electron chi connectivity index (χ0n) is 12.4. The van der Waals surface area contributed by atoms with Gasteiger partial charge in [0.25, 0.3) is 0 Å². The van der Waals surface area contributed by atoms with Crippen LogP contribution >= 0.6 is 0 Å². The maximum absolute atomic E-state index is 11.1. The lowest BCUT2D eigenvalue weighted by molar-refractivity contribution is -0.137. The first-order chi connectivity index (χ1) is 11.2. The van der Waals surface area contributed by atoms with Crippen LogP contribution in [0.5, 0.6) is 0 Å². The highest BCUT2D eigenvalue weighted by Gasteiger charge is 2.18. The molecule has 0 fully saturated rings. The van der Waals surface area contributed by atoms with Gasteiger partial charge in [0.05, 0.1) is 24.2 Å². The minimum atomic E-state index is -1.24. The van der Waals surface area contributed by atoms with Crippen LogP contribution in [-0.4, -0.2) is 57.4 Å². The summed E-state index contributed by atoms with van der Waals surface area (Å²) in [5.74, 6) is -4.81. The minimum Gasteiger partial charge on any atom is -0.481 e. The van der Waals surface area contributed by atoms with Gasteiger partial charge >= 0.3 is 23.9 Å². The topological polar surface area (TPSA) is 173 Å². The molecule has 1 aromatic carbocycles. The summed E-state index contributed by atoms with van der Waals surface area (Å²) in [6.45, 7) is -1.03. The van der Waals surface area contributed by atoms with Crippen molar-refractivity contribution < 1.29 is 39.6 Å². The number of carbonyl (C=O) groups is 4. The Bertz CT molecular complexity index is 671. The molecule has 0 spiro atoms. The lowest BCUT2D eigenvalue weighted by atomic mass is 9.98. The van der Waals surface area contributed by atoms with Crippen molar-refractivity contribution in [3.8, 4) is 0 Å². The van der Waals surface area contributed by atoms with E-state index in [-0.39, 0.29) is 22.5 Å². The standard InChI is InChI=1S/C14H16N2O8/c17-10(18)3-7-1-2-9(15-5-12(21)22)14(16-6-13(23)24)8(7)4-11(19)20/h1-2,15-16H,3-6H2,(H,17,18)(H,19,20)(H,21,22)(H,23,24). The molecule has 0 bridgehead atoms. The predicted octanol–water partition coefficient (Wildman–Crippen LogP) is -0.0662. The Hall–Kier alpha value is -3.30. The molecule has 0 radical (unpaired) electrons. The summed E-state index contributed by atoms with van der Waals surface area (Å²) in [6.07, 6.45) is -1.00. The molecule has 130 valence electrons. The summed E-state index contributed by atoms with van der Waals surface area (Å²) >= 11 is 0. The third-order valence-electron chi connectivity index (χ3n) is 2.93. The van der Waals surface area contributed by atoms with Crippen LogP contribution in [0.25, 0.3) is 0 Å². The lowest BCUT2D eigenvalue weighted by Gasteiger charge is -2.18. The molecule has 0 aliphatic carbocycles. The molecular formula is C14H16N2O8. The van der Waals surface area contributed by atoms with E-state index in [1.165, 1.54) is 12.1 Å². The molecule has 0 aromatic heterocycles. The van der Waals surface area contributed by atoms with E-state index in [2.05, 4.69) is 10.6 Å². The Balaban J connectivity index is 3.36. The van der Waals surface area contributed by atoms with Crippen molar-refractivity contribution in [1.29, 1.82) is 0 Å². The molecule has 1 aromatic rings. The summed E-state index contributed by atoms with van der Waals surface area (Å²) in [7, 11) is 0. The first-order valence-electron chi connectivity index (χ1n) is 6.70. The van der Waals surface area contributed by atoms with Gasteiger partial charge in [0, 0.05) is 0 Å². The Labute approximate surface area is 135 Å². The number of carboxylic acid groups (broad SMARTS) is 4. The van der Waals surface area contributed by atoms with Crippen molar-refractivity contribution >= 4 is 35.3 Å². The van der Waals surface area contributed by atoms with E-state index >= 15 is 0 Å². The van der Waals surface area contributed by atoms with E-state index in [9.17, 15) is 19.2 Å². The van der Waals surface area contributed by atoms with Crippen LogP contribution in [0.4, 0.5) is 11.4 Å². The average Bonchev–Trinajstić information content (AvgIpc) is 2.44. The van der Waals surface area contributed by atoms with E-state index in [0.29, 0.717) is 0 Å². The van der Waals surface area contributed by atoms with E-state index in [1.807, 2.05) is 0 Å². The van der Waals surface area contributed by atoms with Gasteiger partial charge in [-0.2, -0.15) is 0 Å². The zero-order valence-corrected chi connectivity index (χ0v) is 12.4. The zero-order chi connectivity index (χ0) is 18.3. The third-order valence-corrected chi connectivity index (χ3v) is 2.93. The van der Waals surface area contributed by atoms with Gasteiger partial charge in [-0.25, -0.2) is 0 Å². The quantitative estimate of drug-likeness (QED) is 0.338. The molecule has 6 N–H and O–H groups in total. The molecule has 0 saturated carbocycles. The lowest BCUT2D eigenvalue weighted by Crippen LogP contribution is -2.20. The molecule has 0 unspecified atom stereocenters. The van der Waals surface area contributed by atoms with Gasteiger partial charge in [-0.1, -0.05) is 6.07 Å². The van der Waals surface area contributed by atoms with Crippen molar-refractivity contribution in [1.82, 2.24) is 0 Å². The predicted molar refractivity (Wildman–Crippen MR) is 81.4 cm³/mol. The number of benzene rings is 1. The fourth-order valence-corrected chi connectivity index (χ4v) is 2.06. The van der Waals surface area contributed by atoms with Crippen molar-refractivity contribution in [2.45, 2.75) is 12.8 Å². The molecule has 0 heterocycles. The highest BCUT2D eigenvalue weighted by molar-refractivity contribution is 5.86. The number of carboxylic acids is 4. The van der Waals surface area contributed by atoms with Crippen LogP contribution in [0.3, 0.4) is 0 Å². The highest BCUT2D eigenvalue weighted by atomic mass is 16.4. The summed E-state index contributed by atoms with van der Waals surface area (Å²) in [6, 6.07) is 2.74. The van der Waals surface area contributed by atoms with Crippen LogP contribution in [0.15, 0.2) is 12.1 Å². The molecule has 0 aliphatic rings. The Kier molecular flexibility index (Phi) is 6.53. The molecule has 1 rings (SSSR count). The smallest absolute Gasteiger partial charge is 0.322 e. The van der Waals surface area contributed by atoms with Crippen molar-refractivity contribution in [3.05, 3.63) is 23.3 Å².